The van der Waals surface area contributed by atoms with Crippen molar-refractivity contribution in [1.29, 1.82) is 0 Å². The molecule has 6 rings (SSSR count). The number of hydrogen-bond acceptors (Lipinski definition) is 9. The topological polar surface area (TPSA) is 124 Å². The highest BCUT2D eigenvalue weighted by atomic mass is 16.5. The van der Waals surface area contributed by atoms with Gasteiger partial charge in [0.15, 0.2) is 0 Å². The van der Waals surface area contributed by atoms with Crippen LogP contribution in [0.15, 0.2) is 0 Å². The zero-order chi connectivity index (χ0) is 26.7. The van der Waals surface area contributed by atoms with Gasteiger partial charge in [0.25, 0.3) is 0 Å². The van der Waals surface area contributed by atoms with Gasteiger partial charge in [-0.15, -0.1) is 0 Å². The lowest BCUT2D eigenvalue weighted by Crippen LogP contribution is -2.82. The number of piperidine rings is 1. The molecule has 6 fully saturated rings. The van der Waals surface area contributed by atoms with Gasteiger partial charge in [-0.3, -0.25) is 9.59 Å². The van der Waals surface area contributed by atoms with Crippen molar-refractivity contribution in [3.63, 3.8) is 0 Å². The zero-order valence-corrected chi connectivity index (χ0v) is 22.6. The van der Waals surface area contributed by atoms with Gasteiger partial charge in [-0.05, 0) is 32.1 Å². The van der Waals surface area contributed by atoms with Gasteiger partial charge in [0.1, 0.15) is 17.8 Å². The molecule has 1 aliphatic heterocycles. The Morgan fingerprint density at radius 3 is 2.41 bits per heavy atom. The number of carbonyl (C=O) groups excluding carboxylic acids is 2. The van der Waals surface area contributed by atoms with Gasteiger partial charge in [0.2, 0.25) is 5.91 Å². The van der Waals surface area contributed by atoms with E-state index in [1.54, 1.807) is 33.3 Å². The van der Waals surface area contributed by atoms with E-state index in [2.05, 4.69) is 0 Å². The van der Waals surface area contributed by atoms with E-state index in [0.29, 0.717) is 19.4 Å². The van der Waals surface area contributed by atoms with Gasteiger partial charge < -0.3 is 38.8 Å². The van der Waals surface area contributed by atoms with Crippen LogP contribution in [-0.2, 0) is 33.3 Å². The Morgan fingerprint density at radius 1 is 1.11 bits per heavy atom. The molecule has 13 atom stereocenters. The number of methoxy groups -OCH3 is 4. The lowest BCUT2D eigenvalue weighted by molar-refractivity contribution is -0.314. The molecule has 0 aromatic heterocycles. The smallest absolute Gasteiger partial charge is 0.302 e. The van der Waals surface area contributed by atoms with E-state index < -0.39 is 46.1 Å². The summed E-state index contributed by atoms with van der Waals surface area (Å²) >= 11 is 0. The maximum absolute atomic E-state index is 14.4. The summed E-state index contributed by atoms with van der Waals surface area (Å²) in [5, 5.41) is 25.9. The van der Waals surface area contributed by atoms with E-state index >= 15 is 0 Å². The summed E-state index contributed by atoms with van der Waals surface area (Å²) in [6.07, 6.45) is 0.179. The van der Waals surface area contributed by atoms with Crippen molar-refractivity contribution in [2.75, 3.05) is 41.6 Å². The van der Waals surface area contributed by atoms with Gasteiger partial charge >= 0.3 is 5.97 Å². The van der Waals surface area contributed by atoms with E-state index in [4.69, 9.17) is 23.7 Å². The Bertz CT molecular complexity index is 993. The Kier molecular flexibility index (Phi) is 5.69. The van der Waals surface area contributed by atoms with Crippen LogP contribution in [0, 0.1) is 34.5 Å². The number of amides is 1. The molecule has 6 aliphatic rings. The summed E-state index contributed by atoms with van der Waals surface area (Å²) in [5.74, 6) is -1.57. The van der Waals surface area contributed by atoms with Crippen molar-refractivity contribution in [1.82, 2.24) is 4.90 Å². The van der Waals surface area contributed by atoms with Gasteiger partial charge in [0.05, 0.1) is 35.9 Å². The fourth-order valence-corrected chi connectivity index (χ4v) is 11.0. The van der Waals surface area contributed by atoms with Gasteiger partial charge in [0, 0.05) is 71.5 Å². The predicted octanol–water partition coefficient (Wildman–Crippen LogP) is 0.368. The molecule has 0 radical (unpaired) electrons. The summed E-state index contributed by atoms with van der Waals surface area (Å²) in [6, 6.07) is -0.721. The Morgan fingerprint density at radius 2 is 1.84 bits per heavy atom. The van der Waals surface area contributed by atoms with Crippen molar-refractivity contribution in [3.05, 3.63) is 0 Å². The Labute approximate surface area is 217 Å². The molecule has 10 nitrogen and oxygen atoms in total. The van der Waals surface area contributed by atoms with Gasteiger partial charge in [-0.2, -0.15) is 0 Å². The number of esters is 1. The van der Waals surface area contributed by atoms with Crippen molar-refractivity contribution in [3.8, 4) is 0 Å². The number of nitrogens with zero attached hydrogens (tertiary/aromatic N) is 1. The molecule has 1 unspecified atom stereocenters. The largest absolute Gasteiger partial charge is 0.465 e. The third-order valence-electron chi connectivity index (χ3n) is 11.8. The molecule has 7 bridgehead atoms. The van der Waals surface area contributed by atoms with E-state index in [1.807, 2.05) is 6.92 Å². The van der Waals surface area contributed by atoms with Crippen LogP contribution >= 0.6 is 0 Å². The van der Waals surface area contributed by atoms with Crippen molar-refractivity contribution in [2.24, 2.45) is 34.5 Å². The maximum atomic E-state index is 14.4. The Balaban J connectivity index is 1.68. The van der Waals surface area contributed by atoms with Gasteiger partial charge in [-0.1, -0.05) is 0 Å². The third-order valence-corrected chi connectivity index (χ3v) is 11.8. The monoisotopic (exact) mass is 523 g/mol. The lowest BCUT2D eigenvalue weighted by atomic mass is 9.42. The summed E-state index contributed by atoms with van der Waals surface area (Å²) in [4.78, 5) is 28.2. The van der Waals surface area contributed by atoms with Crippen LogP contribution in [0.5, 0.6) is 0 Å². The number of likely N-dealkylation sites (tertiary alicyclic amines) is 1. The average Bonchev–Trinajstić information content (AvgIpc) is 3.31. The number of aliphatic hydroxyl groups is 2. The number of rotatable bonds is 7. The molecule has 208 valence electrons. The summed E-state index contributed by atoms with van der Waals surface area (Å²) in [6.45, 7) is 3.50. The fraction of sp³-hybridized carbons (Fsp3) is 0.926. The van der Waals surface area contributed by atoms with Crippen LogP contribution in [0.4, 0.5) is 0 Å². The highest BCUT2D eigenvalue weighted by Crippen LogP contribution is 2.80. The molecule has 1 spiro atoms. The van der Waals surface area contributed by atoms with Crippen LogP contribution in [0.25, 0.3) is 0 Å². The minimum Gasteiger partial charge on any atom is -0.465 e. The standard InChI is InChI=1S/C27H41NO9/c1-7-28-22-26-15-10-14-16(33-3)11-25(31,18(15)19(14)35-5)27(22,32)21(36-6)20(26)24(23(28)30,12-37-13(2)29)9-8-17(26)34-4/h14-22,31-32H,7-12H2,1-6H3/t14-,15-,16+,17+,18-,19+,20-,21+,22?,24+,25-,26+,27-/m1/s1. The normalized spacial score (nSPS) is 55.0. The maximum Gasteiger partial charge on any atom is 0.302 e. The third kappa shape index (κ3) is 2.55. The van der Waals surface area contributed by atoms with E-state index in [-0.39, 0.29) is 55.0 Å². The van der Waals surface area contributed by atoms with Crippen molar-refractivity contribution < 1.29 is 43.5 Å². The van der Waals surface area contributed by atoms with Crippen molar-refractivity contribution in [2.45, 2.75) is 81.2 Å². The molecular formula is C27H41NO9. The first-order chi connectivity index (χ1) is 17.6. The number of carbonyl (C=O) groups is 2. The predicted molar refractivity (Wildman–Crippen MR) is 128 cm³/mol. The van der Waals surface area contributed by atoms with Crippen molar-refractivity contribution >= 4 is 11.9 Å². The second-order valence-electron chi connectivity index (χ2n) is 12.3. The quantitative estimate of drug-likeness (QED) is 0.456. The van der Waals surface area contributed by atoms with E-state index in [1.165, 1.54) is 6.92 Å². The zero-order valence-electron chi connectivity index (χ0n) is 22.6. The van der Waals surface area contributed by atoms with Crippen LogP contribution in [-0.4, -0.2) is 110 Å². The molecule has 5 saturated carbocycles. The minimum absolute atomic E-state index is 0.0393. The summed E-state index contributed by atoms with van der Waals surface area (Å²) in [7, 11) is 6.53. The molecule has 1 amide bonds. The molecule has 1 heterocycles. The lowest BCUT2D eigenvalue weighted by Gasteiger charge is -2.69. The minimum atomic E-state index is -1.80. The first-order valence-corrected chi connectivity index (χ1v) is 13.6. The second-order valence-corrected chi connectivity index (χ2v) is 12.3. The number of hydrogen-bond donors (Lipinski definition) is 2. The van der Waals surface area contributed by atoms with Crippen LogP contribution in [0.2, 0.25) is 0 Å². The molecule has 0 aromatic rings. The molecule has 1 saturated heterocycles. The van der Waals surface area contributed by atoms with Crippen LogP contribution in [0.1, 0.15) is 39.5 Å². The van der Waals surface area contributed by atoms with Gasteiger partial charge in [-0.25, -0.2) is 0 Å². The number of ether oxygens (including phenoxy) is 5. The molecular weight excluding hydrogens is 482 g/mol. The SMILES string of the molecule is CCN1C(=O)[C@]2(COC(C)=O)CC[C@H](OC)[C@]34C1[C@](O)([C@@H](OC)[C@H]23)[C@@]1(O)C[C@H](OC)[C@H]2C[C@@H]4[C@@H]1[C@H]2OC. The first kappa shape index (κ1) is 26.0. The molecule has 0 aromatic carbocycles. The fourth-order valence-electron chi connectivity index (χ4n) is 11.0. The van der Waals surface area contributed by atoms with Crippen LogP contribution in [0.3, 0.4) is 0 Å². The first-order valence-electron chi connectivity index (χ1n) is 13.6. The number of likely N-dealkylation sites (N-methyl/N-ethyl adjacent to an activating group) is 1. The molecule has 5 aliphatic carbocycles. The molecule has 37 heavy (non-hydrogen) atoms. The average molecular weight is 524 g/mol. The summed E-state index contributed by atoms with van der Waals surface area (Å²) in [5.41, 5.74) is -5.24. The molecule has 2 N–H and O–H groups in total. The summed E-state index contributed by atoms with van der Waals surface area (Å²) < 4.78 is 30.0. The van der Waals surface area contributed by atoms with E-state index in [9.17, 15) is 19.8 Å². The van der Waals surface area contributed by atoms with Crippen LogP contribution < -0.4 is 0 Å². The second kappa shape index (κ2) is 8.11. The Hall–Kier alpha value is -1.30. The highest BCUT2D eigenvalue weighted by Gasteiger charge is 2.93. The van der Waals surface area contributed by atoms with E-state index in [0.717, 1.165) is 6.42 Å². The number of fused-ring (bicyclic) bond motifs is 2. The molecule has 10 heteroatoms. The highest BCUT2D eigenvalue weighted by molar-refractivity contribution is 5.87.